The van der Waals surface area contributed by atoms with Crippen LogP contribution in [0.3, 0.4) is 0 Å². The van der Waals surface area contributed by atoms with Crippen LogP contribution in [-0.2, 0) is 14.3 Å². The van der Waals surface area contributed by atoms with E-state index in [9.17, 15) is 19.8 Å². The second-order valence-electron chi connectivity index (χ2n) is 21.7. The largest absolute Gasteiger partial charge is 0.466 e. The maximum absolute atomic E-state index is 12.4. The van der Waals surface area contributed by atoms with E-state index in [4.69, 9.17) is 4.74 Å². The molecular formula is C64H123NO5. The molecule has 0 heterocycles. The van der Waals surface area contributed by atoms with Crippen molar-refractivity contribution in [2.24, 2.45) is 0 Å². The number of nitrogens with one attached hydrogen (secondary N) is 1. The van der Waals surface area contributed by atoms with Crippen LogP contribution in [-0.4, -0.2) is 47.4 Å². The maximum atomic E-state index is 12.4. The van der Waals surface area contributed by atoms with Crippen molar-refractivity contribution in [2.75, 3.05) is 13.2 Å². The minimum Gasteiger partial charge on any atom is -0.466 e. The Balaban J connectivity index is 3.35. The molecule has 0 bridgehead atoms. The van der Waals surface area contributed by atoms with Crippen LogP contribution in [0.4, 0.5) is 0 Å². The molecule has 414 valence electrons. The summed E-state index contributed by atoms with van der Waals surface area (Å²) in [5, 5.41) is 22.9. The first kappa shape index (κ1) is 68.3. The van der Waals surface area contributed by atoms with E-state index in [2.05, 4.69) is 31.3 Å². The average molecular weight is 987 g/mol. The molecule has 0 saturated heterocycles. The molecule has 0 radical (unpaired) electrons. The number of ether oxygens (including phenoxy) is 1. The highest BCUT2D eigenvalue weighted by atomic mass is 16.5. The van der Waals surface area contributed by atoms with E-state index >= 15 is 0 Å². The number of amides is 1. The molecule has 0 aliphatic rings. The van der Waals surface area contributed by atoms with Crippen molar-refractivity contribution in [3.05, 3.63) is 24.3 Å². The quantitative estimate of drug-likeness (QED) is 0.0321. The second-order valence-corrected chi connectivity index (χ2v) is 21.7. The van der Waals surface area contributed by atoms with Gasteiger partial charge in [-0.3, -0.25) is 9.59 Å². The Hall–Kier alpha value is -1.66. The van der Waals surface area contributed by atoms with E-state index in [0.717, 1.165) is 38.5 Å². The van der Waals surface area contributed by atoms with Gasteiger partial charge in [-0.15, -0.1) is 0 Å². The van der Waals surface area contributed by atoms with Gasteiger partial charge in [0, 0.05) is 12.8 Å². The Kier molecular flexibility index (Phi) is 58.5. The lowest BCUT2D eigenvalue weighted by molar-refractivity contribution is -0.143. The molecule has 3 N–H and O–H groups in total. The summed E-state index contributed by atoms with van der Waals surface area (Å²) >= 11 is 0. The molecular weight excluding hydrogens is 863 g/mol. The third kappa shape index (κ3) is 55.7. The van der Waals surface area contributed by atoms with Gasteiger partial charge in [-0.05, 0) is 57.8 Å². The summed E-state index contributed by atoms with van der Waals surface area (Å²) in [7, 11) is 0. The van der Waals surface area contributed by atoms with Gasteiger partial charge in [0.05, 0.1) is 25.4 Å². The van der Waals surface area contributed by atoms with E-state index in [0.29, 0.717) is 19.4 Å². The number of carbonyl (C=O) groups excluding carboxylic acids is 2. The van der Waals surface area contributed by atoms with Gasteiger partial charge in [-0.2, -0.15) is 0 Å². The molecule has 0 fully saturated rings. The van der Waals surface area contributed by atoms with Crippen LogP contribution < -0.4 is 5.32 Å². The van der Waals surface area contributed by atoms with Gasteiger partial charge in [-0.25, -0.2) is 0 Å². The van der Waals surface area contributed by atoms with Gasteiger partial charge in [0.2, 0.25) is 5.91 Å². The first-order chi connectivity index (χ1) is 34.5. The highest BCUT2D eigenvalue weighted by Crippen LogP contribution is 2.18. The average Bonchev–Trinajstić information content (AvgIpc) is 3.36. The summed E-state index contributed by atoms with van der Waals surface area (Å²) in [4.78, 5) is 24.5. The van der Waals surface area contributed by atoms with Gasteiger partial charge in [0.15, 0.2) is 0 Å². The van der Waals surface area contributed by atoms with Crippen molar-refractivity contribution in [2.45, 2.75) is 360 Å². The van der Waals surface area contributed by atoms with Crippen LogP contribution >= 0.6 is 0 Å². The highest BCUT2D eigenvalue weighted by Gasteiger charge is 2.18. The lowest BCUT2D eigenvalue weighted by Crippen LogP contribution is -2.45. The molecule has 0 aromatic rings. The molecule has 0 spiro atoms. The Morgan fingerprint density at radius 2 is 0.671 bits per heavy atom. The zero-order valence-electron chi connectivity index (χ0n) is 47.3. The first-order valence-electron chi connectivity index (χ1n) is 31.6. The van der Waals surface area contributed by atoms with Crippen molar-refractivity contribution >= 4 is 11.9 Å². The van der Waals surface area contributed by atoms with Gasteiger partial charge in [0.1, 0.15) is 0 Å². The molecule has 70 heavy (non-hydrogen) atoms. The lowest BCUT2D eigenvalue weighted by atomic mass is 10.0. The number of carbonyl (C=O) groups is 2. The normalized spacial score (nSPS) is 12.7. The standard InChI is InChI=1S/C64H123NO5/c1-3-5-7-9-11-13-14-15-16-17-29-32-35-38-42-46-50-54-58-64(69)70-59-55-51-47-43-39-36-33-30-27-25-23-21-19-18-20-22-24-26-28-31-34-37-41-45-49-53-57-63(68)65-61(60-66)62(67)56-52-48-44-40-12-10-8-6-4-2/h18,20,52,56,61-62,66-67H,3-17,19,21-51,53-55,57-60H2,1-2H3,(H,65,68)/b20-18-,56-52+. The molecule has 0 aliphatic carbocycles. The van der Waals surface area contributed by atoms with E-state index < -0.39 is 12.1 Å². The van der Waals surface area contributed by atoms with Crippen LogP contribution in [0.25, 0.3) is 0 Å². The molecule has 2 unspecified atom stereocenters. The summed E-state index contributed by atoms with van der Waals surface area (Å²) in [5.74, 6) is -0.0532. The zero-order chi connectivity index (χ0) is 50.7. The van der Waals surface area contributed by atoms with E-state index in [1.54, 1.807) is 6.08 Å². The SMILES string of the molecule is CCCCCCCCC/C=C/C(O)C(CO)NC(=O)CCCCCCCCCCCC/C=C\CCCCCCCCCCCCCCOC(=O)CCCCCCCCCCCCCCCCCCCC. The molecule has 6 nitrogen and oxygen atoms in total. The van der Waals surface area contributed by atoms with Gasteiger partial charge in [0.25, 0.3) is 0 Å². The molecule has 0 saturated carbocycles. The fourth-order valence-corrected chi connectivity index (χ4v) is 9.87. The summed E-state index contributed by atoms with van der Waals surface area (Å²) < 4.78 is 5.50. The number of esters is 1. The molecule has 0 aromatic heterocycles. The first-order valence-corrected chi connectivity index (χ1v) is 31.6. The molecule has 0 aromatic carbocycles. The van der Waals surface area contributed by atoms with Crippen molar-refractivity contribution in [1.29, 1.82) is 0 Å². The number of allylic oxidation sites excluding steroid dienone is 3. The van der Waals surface area contributed by atoms with E-state index in [-0.39, 0.29) is 18.5 Å². The summed E-state index contributed by atoms with van der Waals surface area (Å²) in [6, 6.07) is -0.627. The molecule has 0 aliphatic heterocycles. The number of aliphatic hydroxyl groups is 2. The minimum atomic E-state index is -0.843. The Bertz CT molecular complexity index is 1090. The topological polar surface area (TPSA) is 95.9 Å². The predicted molar refractivity (Wildman–Crippen MR) is 306 cm³/mol. The van der Waals surface area contributed by atoms with Crippen LogP contribution in [0, 0.1) is 0 Å². The van der Waals surface area contributed by atoms with Crippen LogP contribution in [0.2, 0.25) is 0 Å². The Labute approximate surface area is 437 Å². The van der Waals surface area contributed by atoms with Gasteiger partial charge < -0.3 is 20.3 Å². The maximum Gasteiger partial charge on any atom is 0.305 e. The van der Waals surface area contributed by atoms with Crippen LogP contribution in [0.5, 0.6) is 0 Å². The van der Waals surface area contributed by atoms with Gasteiger partial charge >= 0.3 is 5.97 Å². The minimum absolute atomic E-state index is 0.0185. The highest BCUT2D eigenvalue weighted by molar-refractivity contribution is 5.76. The summed E-state index contributed by atoms with van der Waals surface area (Å²) in [6.45, 7) is 4.90. The third-order valence-electron chi connectivity index (χ3n) is 14.7. The molecule has 1 amide bonds. The van der Waals surface area contributed by atoms with Crippen LogP contribution in [0.15, 0.2) is 24.3 Å². The van der Waals surface area contributed by atoms with E-state index in [1.165, 1.54) is 283 Å². The number of unbranched alkanes of at least 4 members (excludes halogenated alkanes) is 46. The monoisotopic (exact) mass is 986 g/mol. The van der Waals surface area contributed by atoms with Crippen molar-refractivity contribution in [1.82, 2.24) is 5.32 Å². The second kappa shape index (κ2) is 59.9. The van der Waals surface area contributed by atoms with E-state index in [1.807, 2.05) is 6.08 Å². The fourth-order valence-electron chi connectivity index (χ4n) is 9.87. The summed E-state index contributed by atoms with van der Waals surface area (Å²) in [5.41, 5.74) is 0. The number of hydrogen-bond donors (Lipinski definition) is 3. The third-order valence-corrected chi connectivity index (χ3v) is 14.7. The number of rotatable bonds is 59. The number of hydrogen-bond acceptors (Lipinski definition) is 5. The zero-order valence-corrected chi connectivity index (χ0v) is 47.3. The Morgan fingerprint density at radius 3 is 1.01 bits per heavy atom. The van der Waals surface area contributed by atoms with Gasteiger partial charge in [-0.1, -0.05) is 301 Å². The van der Waals surface area contributed by atoms with Crippen LogP contribution in [0.1, 0.15) is 348 Å². The van der Waals surface area contributed by atoms with Crippen molar-refractivity contribution in [3.63, 3.8) is 0 Å². The van der Waals surface area contributed by atoms with Crippen molar-refractivity contribution in [3.8, 4) is 0 Å². The fraction of sp³-hybridized carbons (Fsp3) is 0.906. The molecule has 6 heteroatoms. The molecule has 2 atom stereocenters. The number of aliphatic hydroxyl groups excluding tert-OH is 2. The Morgan fingerprint density at radius 1 is 0.386 bits per heavy atom. The lowest BCUT2D eigenvalue weighted by Gasteiger charge is -2.20. The molecule has 0 rings (SSSR count). The predicted octanol–water partition coefficient (Wildman–Crippen LogP) is 19.8. The summed E-state index contributed by atoms with van der Waals surface area (Å²) in [6.07, 6.45) is 73.9. The van der Waals surface area contributed by atoms with Crippen molar-refractivity contribution < 1.29 is 24.5 Å². The smallest absolute Gasteiger partial charge is 0.305 e.